The lowest BCUT2D eigenvalue weighted by molar-refractivity contribution is 0.0240. The topological polar surface area (TPSA) is 71.7 Å². The van der Waals surface area contributed by atoms with Gasteiger partial charge >= 0.3 is 6.09 Å². The molecule has 23 heavy (non-hydrogen) atoms. The minimum Gasteiger partial charge on any atom is -0.444 e. The van der Waals surface area contributed by atoms with Gasteiger partial charge in [-0.25, -0.2) is 9.42 Å². The highest BCUT2D eigenvalue weighted by molar-refractivity contribution is 14.1. The van der Waals surface area contributed by atoms with Crippen molar-refractivity contribution >= 4 is 45.4 Å². The second-order valence-electron chi connectivity index (χ2n) is 6.48. The molecule has 0 atom stereocenters. The summed E-state index contributed by atoms with van der Waals surface area (Å²) < 4.78 is 11.3. The number of carbonyl (C=O) groups excluding carboxylic acids is 1. The van der Waals surface area contributed by atoms with E-state index in [9.17, 15) is 4.79 Å². The molecule has 1 amide bonds. The van der Waals surface area contributed by atoms with Crippen molar-refractivity contribution in [2.24, 2.45) is 0 Å². The van der Waals surface area contributed by atoms with E-state index in [2.05, 4.69) is 37.8 Å². The summed E-state index contributed by atoms with van der Waals surface area (Å²) >= 11 is 2.22. The number of carbonyl (C=O) groups is 1. The maximum absolute atomic E-state index is 12.1. The number of benzene rings is 1. The second-order valence-corrected chi connectivity index (χ2v) is 7.64. The number of amides is 1. The van der Waals surface area contributed by atoms with Gasteiger partial charge < -0.3 is 14.5 Å². The molecule has 1 aromatic carbocycles. The van der Waals surface area contributed by atoms with Crippen molar-refractivity contribution in [2.75, 3.05) is 31.1 Å². The van der Waals surface area contributed by atoms with Crippen molar-refractivity contribution in [3.63, 3.8) is 0 Å². The summed E-state index contributed by atoms with van der Waals surface area (Å²) in [4.78, 5) is 16.1. The molecule has 0 N–H and O–H groups in total. The van der Waals surface area contributed by atoms with Gasteiger partial charge in [-0.2, -0.15) is 0 Å². The van der Waals surface area contributed by atoms with Gasteiger partial charge in [-0.05, 0) is 65.8 Å². The summed E-state index contributed by atoms with van der Waals surface area (Å²) in [6, 6.07) is 4.03. The first kappa shape index (κ1) is 16.3. The van der Waals surface area contributed by atoms with E-state index in [1.54, 1.807) is 4.90 Å². The van der Waals surface area contributed by atoms with Gasteiger partial charge in [-0.15, -0.1) is 0 Å². The molecular weight excluding hydrogens is 411 g/mol. The van der Waals surface area contributed by atoms with E-state index in [1.165, 1.54) is 0 Å². The average Bonchev–Trinajstić information content (AvgIpc) is 2.96. The fourth-order valence-electron chi connectivity index (χ4n) is 2.53. The maximum Gasteiger partial charge on any atom is 0.410 e. The lowest BCUT2D eigenvalue weighted by Gasteiger charge is -2.36. The predicted octanol–water partition coefficient (Wildman–Crippen LogP) is 2.88. The number of fused-ring (bicyclic) bond motifs is 1. The molecule has 1 fully saturated rings. The third-order valence-corrected chi connectivity index (χ3v) is 4.49. The fourth-order valence-corrected chi connectivity index (χ4v) is 3.07. The number of hydrogen-bond acceptors (Lipinski definition) is 6. The van der Waals surface area contributed by atoms with Crippen LogP contribution in [0, 0.1) is 3.57 Å². The smallest absolute Gasteiger partial charge is 0.410 e. The molecule has 1 aliphatic heterocycles. The molecule has 8 heteroatoms. The van der Waals surface area contributed by atoms with Crippen LogP contribution in [0.25, 0.3) is 11.0 Å². The van der Waals surface area contributed by atoms with Gasteiger partial charge in [0.25, 0.3) is 0 Å². The molecule has 1 aliphatic rings. The van der Waals surface area contributed by atoms with E-state index in [1.807, 2.05) is 32.9 Å². The first-order valence-corrected chi connectivity index (χ1v) is 8.57. The Labute approximate surface area is 148 Å². The van der Waals surface area contributed by atoms with E-state index < -0.39 is 5.60 Å². The maximum atomic E-state index is 12.1. The average molecular weight is 430 g/mol. The van der Waals surface area contributed by atoms with E-state index in [-0.39, 0.29) is 6.09 Å². The Morgan fingerprint density at radius 2 is 1.83 bits per heavy atom. The molecular formula is C15H19IN4O3. The molecule has 0 spiro atoms. The highest BCUT2D eigenvalue weighted by atomic mass is 127. The van der Waals surface area contributed by atoms with Crippen LogP contribution in [0.4, 0.5) is 10.5 Å². The van der Waals surface area contributed by atoms with Gasteiger partial charge in [0.15, 0.2) is 11.0 Å². The van der Waals surface area contributed by atoms with E-state index >= 15 is 0 Å². The second kappa shape index (κ2) is 6.14. The van der Waals surface area contributed by atoms with Gasteiger partial charge in [-0.1, -0.05) is 0 Å². The van der Waals surface area contributed by atoms with E-state index in [0.717, 1.165) is 33.4 Å². The van der Waals surface area contributed by atoms with Crippen LogP contribution in [0.3, 0.4) is 0 Å². The Hall–Kier alpha value is -1.58. The molecule has 0 bridgehead atoms. The molecule has 2 aromatic rings. The largest absolute Gasteiger partial charge is 0.444 e. The third kappa shape index (κ3) is 3.51. The Morgan fingerprint density at radius 3 is 2.48 bits per heavy atom. The van der Waals surface area contributed by atoms with Crippen LogP contribution in [-0.2, 0) is 4.74 Å². The minimum atomic E-state index is -0.469. The van der Waals surface area contributed by atoms with Crippen LogP contribution >= 0.6 is 22.6 Å². The molecule has 1 aromatic heterocycles. The predicted molar refractivity (Wildman–Crippen MR) is 94.5 cm³/mol. The van der Waals surface area contributed by atoms with Gasteiger partial charge in [0, 0.05) is 29.7 Å². The molecule has 2 heterocycles. The molecule has 124 valence electrons. The Bertz CT molecular complexity index is 717. The quantitative estimate of drug-likeness (QED) is 0.649. The standard InChI is InChI=1S/C15H19IN4O3/c1-15(2,3)22-14(21)20-8-6-19(7-9-20)11-5-4-10(16)12-13(11)18-23-17-12/h4-5H,6-9H2,1-3H3. The molecule has 3 rings (SSSR count). The van der Waals surface area contributed by atoms with Gasteiger partial charge in [0.1, 0.15) is 5.60 Å². The number of piperazine rings is 1. The van der Waals surface area contributed by atoms with Crippen molar-refractivity contribution in [1.82, 2.24) is 15.2 Å². The summed E-state index contributed by atoms with van der Waals surface area (Å²) in [5, 5.41) is 7.97. The summed E-state index contributed by atoms with van der Waals surface area (Å²) in [6.45, 7) is 8.31. The zero-order valence-corrected chi connectivity index (χ0v) is 15.5. The van der Waals surface area contributed by atoms with Gasteiger partial charge in [-0.3, -0.25) is 0 Å². The number of aromatic nitrogens is 2. The Balaban J connectivity index is 1.70. The lowest BCUT2D eigenvalue weighted by Crippen LogP contribution is -2.50. The minimum absolute atomic E-state index is 0.256. The molecule has 0 saturated carbocycles. The molecule has 0 aliphatic carbocycles. The first-order valence-electron chi connectivity index (χ1n) is 7.49. The van der Waals surface area contributed by atoms with Crippen LogP contribution in [0.5, 0.6) is 0 Å². The highest BCUT2D eigenvalue weighted by Gasteiger charge is 2.27. The molecule has 7 nitrogen and oxygen atoms in total. The van der Waals surface area contributed by atoms with Crippen molar-refractivity contribution in [1.29, 1.82) is 0 Å². The Kier molecular flexibility index (Phi) is 4.35. The van der Waals surface area contributed by atoms with Gasteiger partial charge in [0.05, 0.1) is 5.69 Å². The summed E-state index contributed by atoms with van der Waals surface area (Å²) in [5.41, 5.74) is 2.06. The zero-order valence-electron chi connectivity index (χ0n) is 13.4. The van der Waals surface area contributed by atoms with Crippen molar-refractivity contribution < 1.29 is 14.2 Å². The van der Waals surface area contributed by atoms with Gasteiger partial charge in [0.2, 0.25) is 0 Å². The molecule has 1 saturated heterocycles. The number of ether oxygens (including phenoxy) is 1. The van der Waals surface area contributed by atoms with Crippen molar-refractivity contribution in [2.45, 2.75) is 26.4 Å². The zero-order chi connectivity index (χ0) is 16.6. The van der Waals surface area contributed by atoms with E-state index in [4.69, 9.17) is 9.37 Å². The van der Waals surface area contributed by atoms with Crippen molar-refractivity contribution in [3.8, 4) is 0 Å². The van der Waals surface area contributed by atoms with Crippen LogP contribution in [-0.4, -0.2) is 53.1 Å². The summed E-state index contributed by atoms with van der Waals surface area (Å²) in [5.74, 6) is 0. The van der Waals surface area contributed by atoms with Crippen LogP contribution in [0.15, 0.2) is 16.8 Å². The highest BCUT2D eigenvalue weighted by Crippen LogP contribution is 2.28. The third-order valence-electron chi connectivity index (χ3n) is 3.62. The number of nitrogens with zero attached hydrogens (tertiary/aromatic N) is 4. The van der Waals surface area contributed by atoms with Crippen LogP contribution in [0.1, 0.15) is 20.8 Å². The Morgan fingerprint density at radius 1 is 1.17 bits per heavy atom. The monoisotopic (exact) mass is 430 g/mol. The fraction of sp³-hybridized carbons (Fsp3) is 0.533. The molecule has 0 radical (unpaired) electrons. The van der Waals surface area contributed by atoms with Crippen molar-refractivity contribution in [3.05, 3.63) is 15.7 Å². The summed E-state index contributed by atoms with van der Waals surface area (Å²) in [6.07, 6.45) is -0.256. The first-order chi connectivity index (χ1) is 10.8. The lowest BCUT2D eigenvalue weighted by atomic mass is 10.2. The number of hydrogen-bond donors (Lipinski definition) is 0. The van der Waals surface area contributed by atoms with Crippen LogP contribution in [0.2, 0.25) is 0 Å². The van der Waals surface area contributed by atoms with Crippen LogP contribution < -0.4 is 4.90 Å². The number of rotatable bonds is 1. The number of anilines is 1. The van der Waals surface area contributed by atoms with E-state index in [0.29, 0.717) is 13.1 Å². The molecule has 0 unspecified atom stereocenters. The summed E-state index contributed by atoms with van der Waals surface area (Å²) in [7, 11) is 0. The SMILES string of the molecule is CC(C)(C)OC(=O)N1CCN(c2ccc(I)c3nonc23)CC1. The number of halogens is 1. The normalized spacial score (nSPS) is 16.0.